The van der Waals surface area contributed by atoms with Crippen molar-refractivity contribution in [3.05, 3.63) is 0 Å². The number of amides is 2. The number of hydrazine groups is 1. The summed E-state index contributed by atoms with van der Waals surface area (Å²) in [6.45, 7) is 4.11. The molecule has 0 aromatic heterocycles. The molecule has 1 unspecified atom stereocenters. The van der Waals surface area contributed by atoms with Gasteiger partial charge in [0.15, 0.2) is 0 Å². The van der Waals surface area contributed by atoms with E-state index in [1.807, 2.05) is 0 Å². The topological polar surface area (TPSA) is 99.4 Å². The van der Waals surface area contributed by atoms with Crippen molar-refractivity contribution in [2.75, 3.05) is 25.1 Å². The van der Waals surface area contributed by atoms with Crippen LogP contribution in [0, 0.1) is 0 Å². The molecule has 7 nitrogen and oxygen atoms in total. The fraction of sp³-hybridized carbons (Fsp3) is 0.778. The highest BCUT2D eigenvalue weighted by Gasteiger charge is 2.20. The van der Waals surface area contributed by atoms with Crippen molar-refractivity contribution in [1.29, 1.82) is 0 Å². The molecule has 108 valence electrons. The zero-order valence-electron chi connectivity index (χ0n) is 10.2. The fourth-order valence-electron chi connectivity index (χ4n) is 0.888. The van der Waals surface area contributed by atoms with E-state index in [2.05, 4.69) is 42.0 Å². The van der Waals surface area contributed by atoms with Crippen LogP contribution in [0.25, 0.3) is 0 Å². The van der Waals surface area contributed by atoms with Gasteiger partial charge in [0, 0.05) is 10.2 Å². The van der Waals surface area contributed by atoms with E-state index in [0.717, 1.165) is 5.01 Å². The van der Waals surface area contributed by atoms with E-state index in [1.165, 1.54) is 0 Å². The first-order valence-electron chi connectivity index (χ1n) is 5.12. The van der Waals surface area contributed by atoms with E-state index >= 15 is 0 Å². The van der Waals surface area contributed by atoms with E-state index in [4.69, 9.17) is 4.74 Å². The molecule has 0 heterocycles. The molecule has 0 rings (SSSR count). The Kier molecular flexibility index (Phi) is 12.7. The van der Waals surface area contributed by atoms with E-state index in [0.29, 0.717) is 5.33 Å². The highest BCUT2D eigenvalue weighted by atomic mass is 79.9. The maximum atomic E-state index is 11.5. The van der Waals surface area contributed by atoms with Gasteiger partial charge in [-0.1, -0.05) is 31.9 Å². The minimum Gasteiger partial charge on any atom is -0.449 e. The number of alkyl halides is 2. The second-order valence-electron chi connectivity index (χ2n) is 2.89. The average Bonchev–Trinajstić information content (AvgIpc) is 2.28. The monoisotopic (exact) mass is 392 g/mol. The van der Waals surface area contributed by atoms with Crippen molar-refractivity contribution >= 4 is 44.0 Å². The lowest BCUT2D eigenvalue weighted by molar-refractivity contribution is 0.0752. The number of halogens is 2. The van der Waals surface area contributed by atoms with Gasteiger partial charge in [-0.05, 0) is 13.8 Å². The van der Waals surface area contributed by atoms with Gasteiger partial charge in [-0.15, -0.1) is 0 Å². The van der Waals surface area contributed by atoms with E-state index < -0.39 is 12.2 Å². The first kappa shape index (κ1) is 19.8. The Morgan fingerprint density at radius 2 is 1.83 bits per heavy atom. The lowest BCUT2D eigenvalue weighted by atomic mass is 10.5. The van der Waals surface area contributed by atoms with Gasteiger partial charge in [-0.2, -0.15) is 0 Å². The highest BCUT2D eigenvalue weighted by molar-refractivity contribution is 9.12. The third-order valence-electron chi connectivity index (χ3n) is 1.54. The van der Waals surface area contributed by atoms with Crippen LogP contribution >= 0.6 is 31.9 Å². The number of nitrogens with zero attached hydrogens (tertiary/aromatic N) is 1. The molecule has 18 heavy (non-hydrogen) atoms. The summed E-state index contributed by atoms with van der Waals surface area (Å²) in [4.78, 5) is 22.7. The maximum Gasteiger partial charge on any atom is 0.428 e. The van der Waals surface area contributed by atoms with Crippen LogP contribution in [0.15, 0.2) is 0 Å². The number of nitrogens with one attached hydrogen (secondary N) is 1. The van der Waals surface area contributed by atoms with Gasteiger partial charge in [0.05, 0.1) is 19.8 Å². The molecule has 0 spiro atoms. The largest absolute Gasteiger partial charge is 0.449 e. The van der Waals surface area contributed by atoms with Crippen LogP contribution in [0.4, 0.5) is 9.59 Å². The Hall–Kier alpha value is -0.540. The number of ether oxygens (including phenoxy) is 2. The minimum atomic E-state index is -0.685. The van der Waals surface area contributed by atoms with Gasteiger partial charge < -0.3 is 14.9 Å². The predicted molar refractivity (Wildman–Crippen MR) is 74.0 cm³/mol. The quantitative estimate of drug-likeness (QED) is 0.564. The SMILES string of the molecule is CCOC(=O)NN(CC(Br)CBr)C(=O)OCC.O. The maximum absolute atomic E-state index is 11.5. The molecule has 0 aliphatic carbocycles. The van der Waals surface area contributed by atoms with Crippen molar-refractivity contribution in [1.82, 2.24) is 10.4 Å². The molecule has 0 aromatic carbocycles. The first-order valence-corrected chi connectivity index (χ1v) is 7.16. The summed E-state index contributed by atoms with van der Waals surface area (Å²) in [6, 6.07) is 0. The predicted octanol–water partition coefficient (Wildman–Crippen LogP) is 1.44. The summed E-state index contributed by atoms with van der Waals surface area (Å²) >= 11 is 6.60. The van der Waals surface area contributed by atoms with Crippen molar-refractivity contribution in [2.45, 2.75) is 18.7 Å². The smallest absolute Gasteiger partial charge is 0.428 e. The number of hydrogen-bond donors (Lipinski definition) is 1. The summed E-state index contributed by atoms with van der Waals surface area (Å²) in [5.74, 6) is 0. The number of hydrogen-bond acceptors (Lipinski definition) is 4. The van der Waals surface area contributed by atoms with Crippen LogP contribution in [-0.4, -0.2) is 52.6 Å². The molecule has 3 N–H and O–H groups in total. The lowest BCUT2D eigenvalue weighted by Crippen LogP contribution is -2.49. The zero-order chi connectivity index (χ0) is 13.3. The summed E-state index contributed by atoms with van der Waals surface area (Å²) in [7, 11) is 0. The van der Waals surface area contributed by atoms with Crippen molar-refractivity contribution in [3.8, 4) is 0 Å². The number of carbonyl (C=O) groups is 2. The summed E-state index contributed by atoms with van der Waals surface area (Å²) in [5.41, 5.74) is 2.31. The van der Waals surface area contributed by atoms with Crippen molar-refractivity contribution < 1.29 is 24.5 Å². The summed E-state index contributed by atoms with van der Waals surface area (Å²) in [6.07, 6.45) is -1.30. The van der Waals surface area contributed by atoms with Crippen molar-refractivity contribution in [3.63, 3.8) is 0 Å². The van der Waals surface area contributed by atoms with Crippen LogP contribution in [0.1, 0.15) is 13.8 Å². The molecular formula is C9H18Br2N2O5. The molecule has 0 aliphatic rings. The lowest BCUT2D eigenvalue weighted by Gasteiger charge is -2.23. The van der Waals surface area contributed by atoms with Crippen molar-refractivity contribution in [2.24, 2.45) is 0 Å². The Morgan fingerprint density at radius 1 is 1.28 bits per heavy atom. The van der Waals surface area contributed by atoms with Gasteiger partial charge in [0.1, 0.15) is 0 Å². The van der Waals surface area contributed by atoms with Crippen LogP contribution < -0.4 is 5.43 Å². The van der Waals surface area contributed by atoms with Crippen LogP contribution in [0.2, 0.25) is 0 Å². The van der Waals surface area contributed by atoms with Crippen LogP contribution in [-0.2, 0) is 9.47 Å². The second kappa shape index (κ2) is 11.5. The van der Waals surface area contributed by atoms with Gasteiger partial charge in [-0.3, -0.25) is 0 Å². The molecule has 0 saturated heterocycles. The molecule has 9 heteroatoms. The van der Waals surface area contributed by atoms with Gasteiger partial charge >= 0.3 is 12.2 Å². The molecule has 0 fully saturated rings. The third-order valence-corrected chi connectivity index (χ3v) is 3.80. The highest BCUT2D eigenvalue weighted by Crippen LogP contribution is 2.06. The number of rotatable bonds is 5. The Labute approximate surface area is 123 Å². The number of carbonyl (C=O) groups excluding carboxylic acids is 2. The van der Waals surface area contributed by atoms with E-state index in [9.17, 15) is 9.59 Å². The molecule has 0 aromatic rings. The second-order valence-corrected chi connectivity index (χ2v) is 4.84. The molecule has 0 aliphatic heterocycles. The molecule has 1 atom stereocenters. The summed E-state index contributed by atoms with van der Waals surface area (Å²) in [5, 5.41) is 1.70. The Bertz CT molecular complexity index is 255. The van der Waals surface area contributed by atoms with E-state index in [-0.39, 0.29) is 30.1 Å². The van der Waals surface area contributed by atoms with Crippen LogP contribution in [0.3, 0.4) is 0 Å². The van der Waals surface area contributed by atoms with E-state index in [1.54, 1.807) is 13.8 Å². The fourth-order valence-corrected chi connectivity index (χ4v) is 1.38. The third kappa shape index (κ3) is 8.54. The van der Waals surface area contributed by atoms with Gasteiger partial charge in [0.2, 0.25) is 0 Å². The first-order chi connectivity index (χ1) is 8.04. The standard InChI is InChI=1S/C9H16Br2N2O4.H2O/c1-3-16-8(14)12-13(6-7(11)5-10)9(15)17-4-2;/h7H,3-6H2,1-2H3,(H,12,14);1H2. The van der Waals surface area contributed by atoms with Gasteiger partial charge in [-0.25, -0.2) is 20.0 Å². The minimum absolute atomic E-state index is 0. The average molecular weight is 394 g/mol. The molecule has 0 bridgehead atoms. The Morgan fingerprint density at radius 3 is 2.28 bits per heavy atom. The molecule has 0 radical (unpaired) electrons. The zero-order valence-corrected chi connectivity index (χ0v) is 13.4. The molecule has 0 saturated carbocycles. The summed E-state index contributed by atoms with van der Waals surface area (Å²) < 4.78 is 9.50. The Balaban J connectivity index is 0. The molecular weight excluding hydrogens is 376 g/mol. The van der Waals surface area contributed by atoms with Crippen LogP contribution in [0.5, 0.6) is 0 Å². The normalized spacial score (nSPS) is 10.9. The van der Waals surface area contributed by atoms with Gasteiger partial charge in [0.25, 0.3) is 0 Å². The molecule has 2 amide bonds.